The smallest absolute Gasteiger partial charge is 0.395 e. The number of phosphoric ester groups is 1. The minimum absolute atomic E-state index is 0.0694. The van der Waals surface area contributed by atoms with Gasteiger partial charge in [0.25, 0.3) is 0 Å². The minimum atomic E-state index is -4.26. The summed E-state index contributed by atoms with van der Waals surface area (Å²) < 4.78 is 14.8. The van der Waals surface area contributed by atoms with Crippen LogP contribution in [0.15, 0.2) is 0 Å². The van der Waals surface area contributed by atoms with Crippen molar-refractivity contribution >= 4 is 7.82 Å². The SMILES string of the molecule is CCCCC(CC)COP(=O)(O)O.OCCN(CCO)CCO.OCCN(CCO)CCO. The predicted molar refractivity (Wildman–Crippen MR) is 127 cm³/mol. The van der Waals surface area contributed by atoms with Crippen molar-refractivity contribution in [3.8, 4) is 0 Å². The largest absolute Gasteiger partial charge is 0.469 e. The standard InChI is InChI=1S/C8H19O4P.2C6H15NO3/c1-3-5-6-8(4-2)7-12-13(9,10)11;2*8-4-1-7(2-5-9)3-6-10/h8H,3-7H2,1-2H3,(H2,9,10,11);2*8-10H,1-6H2. The summed E-state index contributed by atoms with van der Waals surface area (Å²) in [4.78, 5) is 20.5. The van der Waals surface area contributed by atoms with Crippen molar-refractivity contribution in [1.29, 1.82) is 0 Å². The van der Waals surface area contributed by atoms with Gasteiger partial charge in [0, 0.05) is 39.3 Å². The molecule has 0 saturated carbocycles. The average Bonchev–Trinajstić information content (AvgIpc) is 2.75. The Morgan fingerprint density at radius 3 is 1.24 bits per heavy atom. The molecule has 0 bridgehead atoms. The quantitative estimate of drug-likeness (QED) is 0.0977. The summed E-state index contributed by atoms with van der Waals surface area (Å²) in [5.41, 5.74) is 0. The van der Waals surface area contributed by atoms with Gasteiger partial charge >= 0.3 is 7.82 Å². The summed E-state index contributed by atoms with van der Waals surface area (Å²) in [5, 5.41) is 50.9. The number of phosphoric acid groups is 1. The molecule has 33 heavy (non-hydrogen) atoms. The first-order chi connectivity index (χ1) is 15.7. The number of hydrogen-bond acceptors (Lipinski definition) is 10. The van der Waals surface area contributed by atoms with Gasteiger partial charge in [-0.3, -0.25) is 14.3 Å². The van der Waals surface area contributed by atoms with Gasteiger partial charge in [0.15, 0.2) is 0 Å². The van der Waals surface area contributed by atoms with E-state index >= 15 is 0 Å². The third kappa shape index (κ3) is 31.8. The second-order valence-electron chi connectivity index (χ2n) is 7.23. The Labute approximate surface area is 198 Å². The van der Waals surface area contributed by atoms with Crippen LogP contribution in [0.25, 0.3) is 0 Å². The van der Waals surface area contributed by atoms with Crippen LogP contribution in [-0.2, 0) is 9.09 Å². The van der Waals surface area contributed by atoms with Gasteiger partial charge in [-0.2, -0.15) is 0 Å². The van der Waals surface area contributed by atoms with Crippen LogP contribution in [0.1, 0.15) is 39.5 Å². The number of aliphatic hydroxyl groups is 6. The highest BCUT2D eigenvalue weighted by molar-refractivity contribution is 7.46. The second-order valence-corrected chi connectivity index (χ2v) is 8.47. The first-order valence-electron chi connectivity index (χ1n) is 11.5. The monoisotopic (exact) mass is 508 g/mol. The molecular formula is C20H49N2O10P. The summed E-state index contributed by atoms with van der Waals surface area (Å²) in [6, 6.07) is 0. The third-order valence-corrected chi connectivity index (χ3v) is 5.00. The molecule has 0 rings (SSSR count). The van der Waals surface area contributed by atoms with Crippen molar-refractivity contribution in [1.82, 2.24) is 9.80 Å². The minimum Gasteiger partial charge on any atom is -0.395 e. The summed E-state index contributed by atoms with van der Waals surface area (Å²) in [6.07, 6.45) is 4.07. The fraction of sp³-hybridized carbons (Fsp3) is 1.00. The zero-order valence-corrected chi connectivity index (χ0v) is 21.2. The van der Waals surface area contributed by atoms with E-state index in [1.165, 1.54) is 0 Å². The van der Waals surface area contributed by atoms with Gasteiger partial charge in [0.2, 0.25) is 0 Å². The van der Waals surface area contributed by atoms with Crippen molar-refractivity contribution in [2.75, 3.05) is 85.5 Å². The molecule has 1 unspecified atom stereocenters. The second kappa shape index (κ2) is 28.0. The molecular weight excluding hydrogens is 459 g/mol. The zero-order valence-electron chi connectivity index (χ0n) is 20.3. The Morgan fingerprint density at radius 1 is 0.697 bits per heavy atom. The molecule has 0 aliphatic carbocycles. The lowest BCUT2D eigenvalue weighted by molar-refractivity contribution is 0.136. The Bertz CT molecular complexity index is 372. The maximum atomic E-state index is 10.4. The number of aliphatic hydroxyl groups excluding tert-OH is 6. The highest BCUT2D eigenvalue weighted by atomic mass is 31.2. The van der Waals surface area contributed by atoms with Gasteiger partial charge in [-0.15, -0.1) is 0 Å². The summed E-state index contributed by atoms with van der Waals surface area (Å²) in [6.45, 7) is 7.77. The van der Waals surface area contributed by atoms with Crippen LogP contribution in [0.2, 0.25) is 0 Å². The van der Waals surface area contributed by atoms with E-state index in [9.17, 15) is 4.57 Å². The first-order valence-corrected chi connectivity index (χ1v) is 13.0. The Balaban J connectivity index is -0.000000415. The lowest BCUT2D eigenvalue weighted by Gasteiger charge is -2.17. The van der Waals surface area contributed by atoms with E-state index in [-0.39, 0.29) is 52.2 Å². The summed E-state index contributed by atoms with van der Waals surface area (Å²) in [5.74, 6) is 0.271. The van der Waals surface area contributed by atoms with Crippen molar-refractivity contribution in [3.05, 3.63) is 0 Å². The van der Waals surface area contributed by atoms with E-state index in [0.717, 1.165) is 25.7 Å². The molecule has 0 heterocycles. The molecule has 204 valence electrons. The van der Waals surface area contributed by atoms with Gasteiger partial charge in [-0.05, 0) is 12.3 Å². The Hall–Kier alpha value is -0.210. The molecule has 0 radical (unpaired) electrons. The Morgan fingerprint density at radius 2 is 1.03 bits per heavy atom. The molecule has 0 fully saturated rings. The maximum Gasteiger partial charge on any atom is 0.469 e. The maximum absolute atomic E-state index is 10.4. The fourth-order valence-electron chi connectivity index (χ4n) is 2.62. The molecule has 0 aromatic rings. The highest BCUT2D eigenvalue weighted by Crippen LogP contribution is 2.36. The molecule has 0 aromatic carbocycles. The van der Waals surface area contributed by atoms with Crippen molar-refractivity contribution in [2.45, 2.75) is 39.5 Å². The number of rotatable bonds is 19. The van der Waals surface area contributed by atoms with Crippen molar-refractivity contribution in [2.24, 2.45) is 5.92 Å². The number of unbranched alkanes of at least 4 members (excludes halogenated alkanes) is 1. The van der Waals surface area contributed by atoms with Gasteiger partial charge in [-0.25, -0.2) is 4.57 Å². The van der Waals surface area contributed by atoms with Gasteiger partial charge in [-0.1, -0.05) is 33.1 Å². The molecule has 8 N–H and O–H groups in total. The highest BCUT2D eigenvalue weighted by Gasteiger charge is 2.16. The van der Waals surface area contributed by atoms with Gasteiger partial charge < -0.3 is 40.4 Å². The van der Waals surface area contributed by atoms with E-state index < -0.39 is 7.82 Å². The molecule has 0 aromatic heterocycles. The van der Waals surface area contributed by atoms with E-state index in [1.54, 1.807) is 9.80 Å². The molecule has 0 saturated heterocycles. The molecule has 0 spiro atoms. The summed E-state index contributed by atoms with van der Waals surface area (Å²) >= 11 is 0. The Kier molecular flexibility index (Phi) is 31.7. The van der Waals surface area contributed by atoms with Crippen LogP contribution in [0.3, 0.4) is 0 Å². The lowest BCUT2D eigenvalue weighted by atomic mass is 10.0. The fourth-order valence-corrected chi connectivity index (χ4v) is 3.02. The van der Waals surface area contributed by atoms with Gasteiger partial charge in [0.05, 0.1) is 46.2 Å². The van der Waals surface area contributed by atoms with E-state index in [0.29, 0.717) is 39.3 Å². The third-order valence-electron chi connectivity index (χ3n) is 4.52. The van der Waals surface area contributed by atoms with Crippen LogP contribution < -0.4 is 0 Å². The molecule has 0 amide bonds. The van der Waals surface area contributed by atoms with Crippen LogP contribution >= 0.6 is 7.82 Å². The van der Waals surface area contributed by atoms with Crippen molar-refractivity contribution < 1.29 is 49.5 Å². The first kappa shape index (κ1) is 37.3. The van der Waals surface area contributed by atoms with E-state index in [1.807, 2.05) is 6.92 Å². The number of nitrogens with zero attached hydrogens (tertiary/aromatic N) is 2. The molecule has 13 heteroatoms. The van der Waals surface area contributed by atoms with Crippen LogP contribution in [-0.4, -0.2) is 136 Å². The van der Waals surface area contributed by atoms with Gasteiger partial charge in [0.1, 0.15) is 0 Å². The lowest BCUT2D eigenvalue weighted by Crippen LogP contribution is -2.32. The predicted octanol–water partition coefficient (Wildman–Crippen LogP) is -1.16. The molecule has 1 atom stereocenters. The molecule has 12 nitrogen and oxygen atoms in total. The van der Waals surface area contributed by atoms with Crippen LogP contribution in [0, 0.1) is 5.92 Å². The van der Waals surface area contributed by atoms with Crippen LogP contribution in [0.4, 0.5) is 0 Å². The average molecular weight is 509 g/mol. The molecule has 0 aliphatic heterocycles. The topological polar surface area (TPSA) is 195 Å². The summed E-state index contributed by atoms with van der Waals surface area (Å²) in [7, 11) is -4.26. The molecule has 0 aliphatic rings. The van der Waals surface area contributed by atoms with E-state index in [2.05, 4.69) is 11.4 Å². The van der Waals surface area contributed by atoms with Crippen LogP contribution in [0.5, 0.6) is 0 Å². The van der Waals surface area contributed by atoms with E-state index in [4.69, 9.17) is 40.4 Å². The number of hydrogen-bond donors (Lipinski definition) is 8. The zero-order chi connectivity index (χ0) is 26.0. The van der Waals surface area contributed by atoms with Crippen molar-refractivity contribution in [3.63, 3.8) is 0 Å². The normalized spacial score (nSPS) is 12.2.